The molecule has 0 unspecified atom stereocenters. The summed E-state index contributed by atoms with van der Waals surface area (Å²) in [6, 6.07) is 0. The average molecular weight is 268 g/mol. The van der Waals surface area contributed by atoms with E-state index in [2.05, 4.69) is 4.84 Å². The van der Waals surface area contributed by atoms with Crippen molar-refractivity contribution in [2.24, 2.45) is 5.92 Å². The van der Waals surface area contributed by atoms with Gasteiger partial charge in [-0.25, -0.2) is 0 Å². The highest BCUT2D eigenvalue weighted by Gasteiger charge is 2.41. The van der Waals surface area contributed by atoms with Gasteiger partial charge in [0.05, 0.1) is 12.0 Å². The second-order valence-corrected chi connectivity index (χ2v) is 4.40. The number of hydrogen-bond donors (Lipinski definition) is 0. The highest BCUT2D eigenvalue weighted by atomic mass is 35.5. The molecule has 0 aromatic carbocycles. The van der Waals surface area contributed by atoms with Crippen LogP contribution in [0.3, 0.4) is 0 Å². The summed E-state index contributed by atoms with van der Waals surface area (Å²) in [5.41, 5.74) is -0.723. The first-order valence-electron chi connectivity index (χ1n) is 5.12. The van der Waals surface area contributed by atoms with Crippen LogP contribution >= 0.6 is 11.6 Å². The number of ether oxygens (including phenoxy) is 2. The molecule has 98 valence electrons. The number of carbonyl (C=O) groups is 1. The van der Waals surface area contributed by atoms with Gasteiger partial charge in [0.25, 0.3) is 5.09 Å². The Kier molecular flexibility index (Phi) is 4.95. The molecule has 1 aliphatic carbocycles. The standard InChI is InChI=1S/C9H14ClNO6/c1-5(10)16-9(12)6-3-7(15-2)8(4-6)17-11(13)14/h5-8H,3-4H2,1-2H3/t5-,6+,7-,8-/m0/s1. The molecule has 1 saturated carbocycles. The zero-order valence-electron chi connectivity index (χ0n) is 9.50. The topological polar surface area (TPSA) is 87.9 Å². The molecular weight excluding hydrogens is 254 g/mol. The van der Waals surface area contributed by atoms with Gasteiger partial charge < -0.3 is 14.3 Å². The molecule has 1 fully saturated rings. The van der Waals surface area contributed by atoms with Gasteiger partial charge in [0.2, 0.25) is 0 Å². The Bertz CT molecular complexity index is 297. The molecule has 0 spiro atoms. The van der Waals surface area contributed by atoms with Gasteiger partial charge in [-0.2, -0.15) is 0 Å². The molecule has 1 rings (SSSR count). The zero-order valence-corrected chi connectivity index (χ0v) is 10.3. The van der Waals surface area contributed by atoms with E-state index in [1.807, 2.05) is 0 Å². The largest absolute Gasteiger partial charge is 0.446 e. The van der Waals surface area contributed by atoms with Crippen LogP contribution in [-0.2, 0) is 19.1 Å². The van der Waals surface area contributed by atoms with E-state index in [0.717, 1.165) is 0 Å². The summed E-state index contributed by atoms with van der Waals surface area (Å²) in [6.07, 6.45) is -0.693. The predicted octanol–water partition coefficient (Wildman–Crippen LogP) is 1.12. The fraction of sp³-hybridized carbons (Fsp3) is 0.889. The first-order chi connectivity index (χ1) is 7.93. The van der Waals surface area contributed by atoms with Crippen LogP contribution in [0.15, 0.2) is 0 Å². The van der Waals surface area contributed by atoms with Crippen molar-refractivity contribution in [3.05, 3.63) is 10.1 Å². The third-order valence-corrected chi connectivity index (χ3v) is 2.67. The van der Waals surface area contributed by atoms with Crippen molar-refractivity contribution in [2.45, 2.75) is 37.5 Å². The van der Waals surface area contributed by atoms with Crippen LogP contribution in [0, 0.1) is 16.0 Å². The van der Waals surface area contributed by atoms with E-state index >= 15 is 0 Å². The van der Waals surface area contributed by atoms with E-state index in [-0.39, 0.29) is 6.42 Å². The maximum atomic E-state index is 11.6. The second kappa shape index (κ2) is 6.02. The van der Waals surface area contributed by atoms with Gasteiger partial charge in [-0.05, 0) is 19.8 Å². The number of nitrogens with zero attached hydrogens (tertiary/aromatic N) is 1. The summed E-state index contributed by atoms with van der Waals surface area (Å²) in [7, 11) is 1.42. The monoisotopic (exact) mass is 267 g/mol. The Morgan fingerprint density at radius 2 is 2.06 bits per heavy atom. The lowest BCUT2D eigenvalue weighted by Crippen LogP contribution is -2.27. The van der Waals surface area contributed by atoms with Gasteiger partial charge in [0, 0.05) is 7.11 Å². The lowest BCUT2D eigenvalue weighted by molar-refractivity contribution is -0.770. The number of carbonyl (C=O) groups excluding carboxylic acids is 1. The van der Waals surface area contributed by atoms with Gasteiger partial charge in [0.1, 0.15) is 6.10 Å². The highest BCUT2D eigenvalue weighted by Crippen LogP contribution is 2.31. The molecule has 17 heavy (non-hydrogen) atoms. The third kappa shape index (κ3) is 4.01. The summed E-state index contributed by atoms with van der Waals surface area (Å²) in [4.78, 5) is 26.3. The molecule has 0 aromatic heterocycles. The lowest BCUT2D eigenvalue weighted by Gasteiger charge is -2.14. The van der Waals surface area contributed by atoms with Crippen molar-refractivity contribution in [1.82, 2.24) is 0 Å². The maximum absolute atomic E-state index is 11.6. The summed E-state index contributed by atoms with van der Waals surface area (Å²) in [6.45, 7) is 1.52. The Hall–Kier alpha value is -1.08. The zero-order chi connectivity index (χ0) is 13.0. The van der Waals surface area contributed by atoms with Crippen LogP contribution in [0.1, 0.15) is 19.8 Å². The van der Waals surface area contributed by atoms with Crippen molar-refractivity contribution in [3.63, 3.8) is 0 Å². The van der Waals surface area contributed by atoms with Crippen LogP contribution in [0.5, 0.6) is 0 Å². The van der Waals surface area contributed by atoms with Gasteiger partial charge in [-0.15, -0.1) is 10.1 Å². The molecular formula is C9H14ClNO6. The van der Waals surface area contributed by atoms with Crippen molar-refractivity contribution >= 4 is 17.6 Å². The molecule has 0 heterocycles. The number of hydrogen-bond acceptors (Lipinski definition) is 6. The normalized spacial score (nSPS) is 29.7. The predicted molar refractivity (Wildman–Crippen MR) is 56.8 cm³/mol. The van der Waals surface area contributed by atoms with E-state index in [0.29, 0.717) is 6.42 Å². The molecule has 8 heteroatoms. The summed E-state index contributed by atoms with van der Waals surface area (Å²) in [5.74, 6) is -0.963. The van der Waals surface area contributed by atoms with Crippen molar-refractivity contribution in [2.75, 3.05) is 7.11 Å². The molecule has 7 nitrogen and oxygen atoms in total. The quantitative estimate of drug-likeness (QED) is 0.321. The van der Waals surface area contributed by atoms with E-state index in [9.17, 15) is 14.9 Å². The Balaban J connectivity index is 2.56. The molecule has 0 radical (unpaired) electrons. The maximum Gasteiger partial charge on any atom is 0.310 e. The van der Waals surface area contributed by atoms with Crippen LogP contribution in [0.25, 0.3) is 0 Å². The summed E-state index contributed by atoms with van der Waals surface area (Å²) in [5, 5.41) is 9.38. The Morgan fingerprint density at radius 3 is 2.53 bits per heavy atom. The first-order valence-corrected chi connectivity index (χ1v) is 5.56. The Labute approximate surface area is 103 Å². The molecule has 0 aliphatic heterocycles. The molecule has 4 atom stereocenters. The van der Waals surface area contributed by atoms with Crippen molar-refractivity contribution in [3.8, 4) is 0 Å². The molecule has 1 aliphatic rings. The van der Waals surface area contributed by atoms with Crippen molar-refractivity contribution < 1.29 is 24.2 Å². The van der Waals surface area contributed by atoms with Crippen LogP contribution in [-0.4, -0.2) is 35.9 Å². The third-order valence-electron chi connectivity index (χ3n) is 2.58. The highest BCUT2D eigenvalue weighted by molar-refractivity contribution is 6.19. The minimum Gasteiger partial charge on any atom is -0.446 e. The fourth-order valence-corrected chi connectivity index (χ4v) is 1.97. The minimum absolute atomic E-state index is 0.196. The van der Waals surface area contributed by atoms with Crippen molar-refractivity contribution in [1.29, 1.82) is 0 Å². The molecule has 0 aromatic rings. The number of rotatable bonds is 5. The minimum atomic E-state index is -0.880. The van der Waals surface area contributed by atoms with E-state index < -0.39 is 34.7 Å². The fourth-order valence-electron chi connectivity index (χ4n) is 1.88. The number of alkyl halides is 1. The number of halogens is 1. The average Bonchev–Trinajstić information content (AvgIpc) is 2.59. The van der Waals surface area contributed by atoms with Crippen LogP contribution in [0.4, 0.5) is 0 Å². The van der Waals surface area contributed by atoms with E-state index in [4.69, 9.17) is 21.1 Å². The van der Waals surface area contributed by atoms with Gasteiger partial charge in [0.15, 0.2) is 5.56 Å². The second-order valence-electron chi connectivity index (χ2n) is 3.79. The number of esters is 1. The first kappa shape index (κ1) is 14.0. The van der Waals surface area contributed by atoms with Gasteiger partial charge >= 0.3 is 5.97 Å². The van der Waals surface area contributed by atoms with Gasteiger partial charge in [-0.1, -0.05) is 11.6 Å². The van der Waals surface area contributed by atoms with E-state index in [1.54, 1.807) is 0 Å². The lowest BCUT2D eigenvalue weighted by atomic mass is 10.1. The molecule has 0 amide bonds. The Morgan fingerprint density at radius 1 is 1.47 bits per heavy atom. The van der Waals surface area contributed by atoms with Crippen LogP contribution < -0.4 is 0 Å². The van der Waals surface area contributed by atoms with Crippen LogP contribution in [0.2, 0.25) is 0 Å². The summed E-state index contributed by atoms with van der Waals surface area (Å²) >= 11 is 5.53. The molecule has 0 bridgehead atoms. The summed E-state index contributed by atoms with van der Waals surface area (Å²) < 4.78 is 9.87. The molecule has 0 N–H and O–H groups in total. The van der Waals surface area contributed by atoms with Gasteiger partial charge in [-0.3, -0.25) is 4.79 Å². The number of methoxy groups -OCH3 is 1. The molecule has 0 saturated heterocycles. The van der Waals surface area contributed by atoms with E-state index in [1.165, 1.54) is 14.0 Å². The smallest absolute Gasteiger partial charge is 0.310 e. The SMILES string of the molecule is CO[C@H]1C[C@@H](C(=O)O[C@@H](C)Cl)C[C@@H]1O[N+](=O)[O-].